The van der Waals surface area contributed by atoms with Crippen molar-refractivity contribution in [1.29, 1.82) is 0 Å². The van der Waals surface area contributed by atoms with E-state index in [1.165, 1.54) is 11.3 Å². The number of anilines is 1. The van der Waals surface area contributed by atoms with Gasteiger partial charge in [-0.1, -0.05) is 0 Å². The van der Waals surface area contributed by atoms with Crippen LogP contribution in [0, 0.1) is 0 Å². The minimum atomic E-state index is -0.200. The summed E-state index contributed by atoms with van der Waals surface area (Å²) in [6.07, 6.45) is 0.139. The molecular formula is C20H20N2O3S. The molecule has 0 aliphatic rings. The summed E-state index contributed by atoms with van der Waals surface area (Å²) in [7, 11) is 1.59. The Morgan fingerprint density at radius 1 is 1.04 bits per heavy atom. The Morgan fingerprint density at radius 3 is 2.31 bits per heavy atom. The third-order valence-corrected chi connectivity index (χ3v) is 4.36. The van der Waals surface area contributed by atoms with Crippen molar-refractivity contribution >= 4 is 22.4 Å². The van der Waals surface area contributed by atoms with Crippen LogP contribution in [-0.4, -0.2) is 24.1 Å². The number of rotatable bonds is 6. The van der Waals surface area contributed by atoms with Gasteiger partial charge in [0.25, 0.3) is 5.91 Å². The van der Waals surface area contributed by atoms with Crippen LogP contribution >= 0.6 is 11.3 Å². The highest BCUT2D eigenvalue weighted by Crippen LogP contribution is 2.27. The number of methoxy groups -OCH3 is 1. The molecule has 1 N–H and O–H groups in total. The summed E-state index contributed by atoms with van der Waals surface area (Å²) in [6.45, 7) is 3.98. The number of nitrogens with one attached hydrogen (secondary N) is 1. The smallest absolute Gasteiger partial charge is 0.257 e. The largest absolute Gasteiger partial charge is 0.497 e. The van der Waals surface area contributed by atoms with E-state index in [0.29, 0.717) is 16.4 Å². The lowest BCUT2D eigenvalue weighted by molar-refractivity contribution is 0.102. The number of hydrogen-bond acceptors (Lipinski definition) is 5. The molecular weight excluding hydrogens is 348 g/mol. The van der Waals surface area contributed by atoms with Crippen LogP contribution in [0.2, 0.25) is 0 Å². The molecule has 1 aromatic heterocycles. The standard InChI is InChI=1S/C20H20N2O3S/c1-13(2)25-17-10-4-14(5-11-17)18-12-26-20(21-18)22-19(23)15-6-8-16(24-3)9-7-15/h4-13H,1-3H3,(H,21,22,23). The van der Waals surface area contributed by atoms with E-state index >= 15 is 0 Å². The van der Waals surface area contributed by atoms with E-state index in [4.69, 9.17) is 9.47 Å². The van der Waals surface area contributed by atoms with Gasteiger partial charge in [-0.25, -0.2) is 4.98 Å². The predicted octanol–water partition coefficient (Wildman–Crippen LogP) is 4.86. The maximum absolute atomic E-state index is 12.3. The molecule has 0 spiro atoms. The van der Waals surface area contributed by atoms with E-state index in [0.717, 1.165) is 17.0 Å². The van der Waals surface area contributed by atoms with Gasteiger partial charge in [-0.15, -0.1) is 11.3 Å². The molecule has 0 aliphatic carbocycles. The van der Waals surface area contributed by atoms with Gasteiger partial charge in [0.2, 0.25) is 0 Å². The van der Waals surface area contributed by atoms with Crippen LogP contribution in [0.4, 0.5) is 5.13 Å². The van der Waals surface area contributed by atoms with Gasteiger partial charge in [-0.05, 0) is 62.4 Å². The molecule has 0 atom stereocenters. The summed E-state index contributed by atoms with van der Waals surface area (Å²) >= 11 is 1.39. The first-order valence-corrected chi connectivity index (χ1v) is 9.11. The zero-order valence-electron chi connectivity index (χ0n) is 14.9. The Hall–Kier alpha value is -2.86. The molecule has 1 heterocycles. The topological polar surface area (TPSA) is 60.5 Å². The zero-order valence-corrected chi connectivity index (χ0v) is 15.7. The molecule has 0 radical (unpaired) electrons. The highest BCUT2D eigenvalue weighted by molar-refractivity contribution is 7.14. The molecule has 0 unspecified atom stereocenters. The number of aromatic nitrogens is 1. The van der Waals surface area contributed by atoms with Crippen molar-refractivity contribution in [2.75, 3.05) is 12.4 Å². The number of nitrogens with zero attached hydrogens (tertiary/aromatic N) is 1. The lowest BCUT2D eigenvalue weighted by Crippen LogP contribution is -2.11. The molecule has 1 amide bonds. The Labute approximate surface area is 156 Å². The van der Waals surface area contributed by atoms with E-state index in [2.05, 4.69) is 10.3 Å². The van der Waals surface area contributed by atoms with Gasteiger partial charge in [-0.2, -0.15) is 0 Å². The van der Waals surface area contributed by atoms with Crippen molar-refractivity contribution in [3.63, 3.8) is 0 Å². The van der Waals surface area contributed by atoms with E-state index in [1.807, 2.05) is 43.5 Å². The molecule has 134 valence electrons. The highest BCUT2D eigenvalue weighted by Gasteiger charge is 2.10. The van der Waals surface area contributed by atoms with Gasteiger partial charge in [0, 0.05) is 16.5 Å². The second-order valence-corrected chi connectivity index (χ2v) is 6.77. The molecule has 2 aromatic carbocycles. The summed E-state index contributed by atoms with van der Waals surface area (Å²) < 4.78 is 10.7. The van der Waals surface area contributed by atoms with Crippen LogP contribution in [-0.2, 0) is 0 Å². The van der Waals surface area contributed by atoms with Crippen LogP contribution in [0.1, 0.15) is 24.2 Å². The van der Waals surface area contributed by atoms with Gasteiger partial charge in [-0.3, -0.25) is 10.1 Å². The fraction of sp³-hybridized carbons (Fsp3) is 0.200. The average Bonchev–Trinajstić information content (AvgIpc) is 3.10. The van der Waals surface area contributed by atoms with Crippen molar-refractivity contribution in [1.82, 2.24) is 4.98 Å². The second kappa shape index (κ2) is 8.01. The third kappa shape index (κ3) is 4.40. The molecule has 3 aromatic rings. The normalized spacial score (nSPS) is 10.6. The minimum Gasteiger partial charge on any atom is -0.497 e. The fourth-order valence-corrected chi connectivity index (χ4v) is 3.07. The zero-order chi connectivity index (χ0) is 18.5. The van der Waals surface area contributed by atoms with E-state index in [-0.39, 0.29) is 12.0 Å². The van der Waals surface area contributed by atoms with Crippen molar-refractivity contribution in [2.24, 2.45) is 0 Å². The Kier molecular flexibility index (Phi) is 5.53. The number of benzene rings is 2. The van der Waals surface area contributed by atoms with E-state index in [1.54, 1.807) is 31.4 Å². The first-order chi connectivity index (χ1) is 12.5. The van der Waals surface area contributed by atoms with Crippen LogP contribution in [0.3, 0.4) is 0 Å². The first-order valence-electron chi connectivity index (χ1n) is 8.23. The molecule has 0 saturated heterocycles. The van der Waals surface area contributed by atoms with E-state index < -0.39 is 0 Å². The summed E-state index contributed by atoms with van der Waals surface area (Å²) in [5.41, 5.74) is 2.34. The molecule has 5 nitrogen and oxygen atoms in total. The molecule has 26 heavy (non-hydrogen) atoms. The molecule has 0 aliphatic heterocycles. The number of hydrogen-bond donors (Lipinski definition) is 1. The van der Waals surface area contributed by atoms with Gasteiger partial charge < -0.3 is 9.47 Å². The lowest BCUT2D eigenvalue weighted by atomic mass is 10.2. The summed E-state index contributed by atoms with van der Waals surface area (Å²) in [5, 5.41) is 5.30. The molecule has 0 bridgehead atoms. The fourth-order valence-electron chi connectivity index (χ4n) is 2.35. The number of amides is 1. The summed E-state index contributed by atoms with van der Waals surface area (Å²) in [4.78, 5) is 16.8. The number of carbonyl (C=O) groups is 1. The van der Waals surface area contributed by atoms with Crippen molar-refractivity contribution < 1.29 is 14.3 Å². The average molecular weight is 368 g/mol. The number of thiazole rings is 1. The van der Waals surface area contributed by atoms with Gasteiger partial charge in [0.15, 0.2) is 5.13 Å². The van der Waals surface area contributed by atoms with Crippen LogP contribution in [0.5, 0.6) is 11.5 Å². The second-order valence-electron chi connectivity index (χ2n) is 5.91. The van der Waals surface area contributed by atoms with Crippen molar-refractivity contribution in [3.8, 4) is 22.8 Å². The van der Waals surface area contributed by atoms with E-state index in [9.17, 15) is 4.79 Å². The first kappa shape index (κ1) is 17.9. The van der Waals surface area contributed by atoms with Gasteiger partial charge in [0.05, 0.1) is 18.9 Å². The highest BCUT2D eigenvalue weighted by atomic mass is 32.1. The Morgan fingerprint density at radius 2 is 1.69 bits per heavy atom. The monoisotopic (exact) mass is 368 g/mol. The molecule has 0 saturated carbocycles. The molecule has 0 fully saturated rings. The number of ether oxygens (including phenoxy) is 2. The summed E-state index contributed by atoms with van der Waals surface area (Å²) in [5.74, 6) is 1.34. The SMILES string of the molecule is COc1ccc(C(=O)Nc2nc(-c3ccc(OC(C)C)cc3)cs2)cc1. The quantitative estimate of drug-likeness (QED) is 0.675. The Bertz CT molecular complexity index is 871. The van der Waals surface area contributed by atoms with Gasteiger partial charge in [0.1, 0.15) is 11.5 Å². The van der Waals surface area contributed by atoms with Crippen molar-refractivity contribution in [3.05, 3.63) is 59.5 Å². The van der Waals surface area contributed by atoms with Gasteiger partial charge >= 0.3 is 0 Å². The van der Waals surface area contributed by atoms with Crippen LogP contribution < -0.4 is 14.8 Å². The summed E-state index contributed by atoms with van der Waals surface area (Å²) in [6, 6.07) is 14.7. The minimum absolute atomic E-state index is 0.139. The molecule has 6 heteroatoms. The maximum Gasteiger partial charge on any atom is 0.257 e. The van der Waals surface area contributed by atoms with Crippen LogP contribution in [0.25, 0.3) is 11.3 Å². The number of carbonyl (C=O) groups excluding carboxylic acids is 1. The predicted molar refractivity (Wildman–Crippen MR) is 104 cm³/mol. The maximum atomic E-state index is 12.3. The van der Waals surface area contributed by atoms with Crippen molar-refractivity contribution in [2.45, 2.75) is 20.0 Å². The Balaban J connectivity index is 1.68. The lowest BCUT2D eigenvalue weighted by Gasteiger charge is -2.09. The third-order valence-electron chi connectivity index (χ3n) is 3.60. The molecule has 3 rings (SSSR count). The van der Waals surface area contributed by atoms with Crippen LogP contribution in [0.15, 0.2) is 53.9 Å².